The number of amides is 1. The minimum Gasteiger partial charge on any atom is -0.496 e. The van der Waals surface area contributed by atoms with Gasteiger partial charge in [-0.1, -0.05) is 11.6 Å². The molecule has 1 heterocycles. The fourth-order valence-corrected chi connectivity index (χ4v) is 2.43. The summed E-state index contributed by atoms with van der Waals surface area (Å²) >= 11 is 7.31. The van der Waals surface area contributed by atoms with Crippen LogP contribution >= 0.6 is 22.9 Å². The number of thiazole rings is 1. The highest BCUT2D eigenvalue weighted by atomic mass is 35.5. The van der Waals surface area contributed by atoms with Gasteiger partial charge in [-0.25, -0.2) is 4.98 Å². The van der Waals surface area contributed by atoms with Crippen molar-refractivity contribution in [2.24, 2.45) is 0 Å². The van der Waals surface area contributed by atoms with Gasteiger partial charge in [-0.2, -0.15) is 0 Å². The van der Waals surface area contributed by atoms with Crippen molar-refractivity contribution in [1.29, 1.82) is 0 Å². The van der Waals surface area contributed by atoms with Crippen LogP contribution in [0.1, 0.15) is 11.3 Å². The molecule has 2 aromatic rings. The fraction of sp³-hybridized carbons (Fsp3) is 0.143. The zero-order chi connectivity index (χ0) is 14.5. The first-order chi connectivity index (χ1) is 9.58. The zero-order valence-electron chi connectivity index (χ0n) is 11.0. The summed E-state index contributed by atoms with van der Waals surface area (Å²) in [5.41, 5.74) is 1.62. The van der Waals surface area contributed by atoms with E-state index in [1.165, 1.54) is 17.4 Å². The molecular weight excluding hydrogens is 296 g/mol. The molecule has 6 heteroatoms. The lowest BCUT2D eigenvalue weighted by atomic mass is 10.2. The quantitative estimate of drug-likeness (QED) is 0.875. The summed E-state index contributed by atoms with van der Waals surface area (Å²) in [6.07, 6.45) is 3.07. The maximum absolute atomic E-state index is 11.8. The molecular formula is C14H13ClN2O2S. The summed E-state index contributed by atoms with van der Waals surface area (Å²) in [5, 5.41) is 5.73. The standard InChI is InChI=1S/C14H13ClN2O2S/c1-9-8-20-14(16-9)17-13(18)6-3-10-7-11(15)4-5-12(10)19-2/h3-8H,1-2H3,(H,16,17,18)/b6-3+. The molecule has 0 aliphatic heterocycles. The number of aromatic nitrogens is 1. The molecule has 2 rings (SSSR count). The van der Waals surface area contributed by atoms with Crippen molar-refractivity contribution >= 4 is 40.1 Å². The number of rotatable bonds is 4. The summed E-state index contributed by atoms with van der Waals surface area (Å²) in [6.45, 7) is 1.87. The number of carbonyl (C=O) groups is 1. The lowest BCUT2D eigenvalue weighted by Crippen LogP contribution is -2.07. The third kappa shape index (κ3) is 3.82. The highest BCUT2D eigenvalue weighted by Crippen LogP contribution is 2.23. The van der Waals surface area contributed by atoms with Crippen LogP contribution < -0.4 is 10.1 Å². The highest BCUT2D eigenvalue weighted by Gasteiger charge is 2.04. The van der Waals surface area contributed by atoms with E-state index in [9.17, 15) is 4.79 Å². The molecule has 1 N–H and O–H groups in total. The molecule has 0 spiro atoms. The zero-order valence-corrected chi connectivity index (χ0v) is 12.6. The number of ether oxygens (including phenoxy) is 1. The monoisotopic (exact) mass is 308 g/mol. The second kappa shape index (κ2) is 6.54. The van der Waals surface area contributed by atoms with E-state index < -0.39 is 0 Å². The van der Waals surface area contributed by atoms with Gasteiger partial charge in [0.15, 0.2) is 5.13 Å². The fourth-order valence-electron chi connectivity index (χ4n) is 1.56. The lowest BCUT2D eigenvalue weighted by molar-refractivity contribution is -0.111. The smallest absolute Gasteiger partial charge is 0.250 e. The van der Waals surface area contributed by atoms with Gasteiger partial charge in [-0.05, 0) is 31.2 Å². The Morgan fingerprint density at radius 1 is 1.50 bits per heavy atom. The third-order valence-electron chi connectivity index (χ3n) is 2.46. The molecule has 4 nitrogen and oxygen atoms in total. The number of methoxy groups -OCH3 is 1. The Balaban J connectivity index is 2.09. The number of aryl methyl sites for hydroxylation is 1. The Hall–Kier alpha value is -1.85. The first-order valence-corrected chi connectivity index (χ1v) is 7.09. The lowest BCUT2D eigenvalue weighted by Gasteiger charge is -2.04. The van der Waals surface area contributed by atoms with Crippen LogP contribution in [-0.4, -0.2) is 18.0 Å². The van der Waals surface area contributed by atoms with E-state index in [0.29, 0.717) is 15.9 Å². The van der Waals surface area contributed by atoms with Gasteiger partial charge in [-0.15, -0.1) is 11.3 Å². The van der Waals surface area contributed by atoms with Crippen molar-refractivity contribution in [1.82, 2.24) is 4.98 Å². The van der Waals surface area contributed by atoms with Crippen LogP contribution in [0, 0.1) is 6.92 Å². The van der Waals surface area contributed by atoms with E-state index in [1.54, 1.807) is 31.4 Å². The Labute approximate surface area is 126 Å². The van der Waals surface area contributed by atoms with Gasteiger partial charge in [0.1, 0.15) is 5.75 Å². The second-order valence-corrected chi connectivity index (χ2v) is 5.30. The Morgan fingerprint density at radius 2 is 2.30 bits per heavy atom. The van der Waals surface area contributed by atoms with Crippen molar-refractivity contribution in [3.8, 4) is 5.75 Å². The molecule has 0 unspecified atom stereocenters. The molecule has 1 amide bonds. The van der Waals surface area contributed by atoms with Crippen LogP contribution in [0.15, 0.2) is 29.7 Å². The van der Waals surface area contributed by atoms with E-state index >= 15 is 0 Å². The first-order valence-electron chi connectivity index (χ1n) is 5.83. The predicted molar refractivity (Wildman–Crippen MR) is 82.5 cm³/mol. The topological polar surface area (TPSA) is 51.2 Å². The van der Waals surface area contributed by atoms with E-state index in [1.807, 2.05) is 12.3 Å². The molecule has 0 radical (unpaired) electrons. The van der Waals surface area contributed by atoms with Crippen molar-refractivity contribution in [2.45, 2.75) is 6.92 Å². The van der Waals surface area contributed by atoms with Crippen LogP contribution in [0.4, 0.5) is 5.13 Å². The molecule has 1 aromatic carbocycles. The first kappa shape index (κ1) is 14.6. The number of nitrogens with zero attached hydrogens (tertiary/aromatic N) is 1. The Kier molecular flexibility index (Phi) is 4.76. The third-order valence-corrected chi connectivity index (χ3v) is 3.57. The second-order valence-electron chi connectivity index (χ2n) is 4.00. The normalized spacial score (nSPS) is 10.8. The SMILES string of the molecule is COc1ccc(Cl)cc1/C=C/C(=O)Nc1nc(C)cs1. The molecule has 0 fully saturated rings. The minimum absolute atomic E-state index is 0.249. The minimum atomic E-state index is -0.249. The van der Waals surface area contributed by atoms with Crippen molar-refractivity contribution in [2.75, 3.05) is 12.4 Å². The highest BCUT2D eigenvalue weighted by molar-refractivity contribution is 7.13. The van der Waals surface area contributed by atoms with Crippen molar-refractivity contribution in [3.63, 3.8) is 0 Å². The van der Waals surface area contributed by atoms with Gasteiger partial charge in [0.25, 0.3) is 0 Å². The molecule has 0 aliphatic rings. The van der Waals surface area contributed by atoms with Crippen LogP contribution in [-0.2, 0) is 4.79 Å². The van der Waals surface area contributed by atoms with Crippen molar-refractivity contribution < 1.29 is 9.53 Å². The maximum atomic E-state index is 11.8. The largest absolute Gasteiger partial charge is 0.496 e. The number of carbonyl (C=O) groups excluding carboxylic acids is 1. The summed E-state index contributed by atoms with van der Waals surface area (Å²) in [4.78, 5) is 15.9. The molecule has 0 atom stereocenters. The van der Waals surface area contributed by atoms with Gasteiger partial charge in [0.05, 0.1) is 12.8 Å². The summed E-state index contributed by atoms with van der Waals surface area (Å²) < 4.78 is 5.20. The summed E-state index contributed by atoms with van der Waals surface area (Å²) in [6, 6.07) is 5.22. The van der Waals surface area contributed by atoms with Gasteiger partial charge in [0.2, 0.25) is 5.91 Å². The van der Waals surface area contributed by atoms with Crippen molar-refractivity contribution in [3.05, 3.63) is 45.9 Å². The predicted octanol–water partition coefficient (Wildman–Crippen LogP) is 3.77. The summed E-state index contributed by atoms with van der Waals surface area (Å²) in [7, 11) is 1.57. The molecule has 0 saturated heterocycles. The number of benzene rings is 1. The van der Waals surface area contributed by atoms with Gasteiger partial charge < -0.3 is 4.74 Å². The molecule has 0 aliphatic carbocycles. The summed E-state index contributed by atoms with van der Waals surface area (Å²) in [5.74, 6) is 0.407. The molecule has 0 bridgehead atoms. The number of nitrogens with one attached hydrogen (secondary N) is 1. The van der Waals surface area contributed by atoms with Gasteiger partial charge in [-0.3, -0.25) is 10.1 Å². The van der Waals surface area contributed by atoms with Gasteiger partial charge >= 0.3 is 0 Å². The van der Waals surface area contributed by atoms with Crippen LogP contribution in [0.3, 0.4) is 0 Å². The molecule has 20 heavy (non-hydrogen) atoms. The van der Waals surface area contributed by atoms with Gasteiger partial charge in [0, 0.05) is 22.0 Å². The number of hydrogen-bond acceptors (Lipinski definition) is 4. The Bertz CT molecular complexity index is 652. The van der Waals surface area contributed by atoms with Crippen LogP contribution in [0.2, 0.25) is 5.02 Å². The molecule has 1 aromatic heterocycles. The van der Waals surface area contributed by atoms with E-state index in [2.05, 4.69) is 10.3 Å². The number of hydrogen-bond donors (Lipinski definition) is 1. The average Bonchev–Trinajstić information content (AvgIpc) is 2.82. The number of anilines is 1. The maximum Gasteiger partial charge on any atom is 0.250 e. The van der Waals surface area contributed by atoms with E-state index in [-0.39, 0.29) is 5.91 Å². The average molecular weight is 309 g/mol. The Morgan fingerprint density at radius 3 is 2.95 bits per heavy atom. The van der Waals surface area contributed by atoms with E-state index in [0.717, 1.165) is 11.3 Å². The van der Waals surface area contributed by atoms with Crippen LogP contribution in [0.25, 0.3) is 6.08 Å². The van der Waals surface area contributed by atoms with Crippen LogP contribution in [0.5, 0.6) is 5.75 Å². The van der Waals surface area contributed by atoms with E-state index in [4.69, 9.17) is 16.3 Å². The number of halogens is 1. The molecule has 104 valence electrons. The molecule has 0 saturated carbocycles.